The second kappa shape index (κ2) is 9.06. The van der Waals surface area contributed by atoms with E-state index in [4.69, 9.17) is 25.2 Å². The molecule has 0 fully saturated rings. The number of aromatic amines is 1. The number of dihydropyridines is 1. The number of aromatic nitrogens is 1. The first-order valence-corrected chi connectivity index (χ1v) is 11.6. The van der Waals surface area contributed by atoms with Gasteiger partial charge in [0.05, 0.1) is 12.7 Å². The molecule has 7 nitrogen and oxygen atoms in total. The number of benzene rings is 2. The van der Waals surface area contributed by atoms with Crippen molar-refractivity contribution in [3.8, 4) is 5.75 Å². The monoisotopic (exact) mass is 478 g/mol. The summed E-state index contributed by atoms with van der Waals surface area (Å²) >= 11 is 0. The fourth-order valence-electron chi connectivity index (χ4n) is 5.41. The Morgan fingerprint density at radius 2 is 1.83 bits per heavy atom. The van der Waals surface area contributed by atoms with Gasteiger partial charge in [-0.1, -0.05) is 30.3 Å². The maximum absolute atomic E-state index is 13.8. The number of esters is 1. The number of methoxy groups -OCH3 is 1. The lowest BCUT2D eigenvalue weighted by molar-refractivity contribution is -0.158. The summed E-state index contributed by atoms with van der Waals surface area (Å²) in [7, 11) is 12.3. The summed E-state index contributed by atoms with van der Waals surface area (Å²) in [6.07, 6.45) is 2.61. The summed E-state index contributed by atoms with van der Waals surface area (Å²) in [6.45, 7) is 1.73. The fraction of sp³-hybridized carbons (Fsp3) is 0.259. The average molecular weight is 478 g/mol. The van der Waals surface area contributed by atoms with Crippen LogP contribution in [-0.4, -0.2) is 50.2 Å². The Morgan fingerprint density at radius 3 is 2.58 bits per heavy atom. The van der Waals surface area contributed by atoms with Gasteiger partial charge in [-0.05, 0) is 42.7 Å². The molecular formula is C27H24B2N2O5. The highest BCUT2D eigenvalue weighted by Crippen LogP contribution is 2.48. The van der Waals surface area contributed by atoms with Crippen molar-refractivity contribution in [3.05, 3.63) is 88.4 Å². The van der Waals surface area contributed by atoms with Crippen LogP contribution < -0.4 is 10.1 Å². The van der Waals surface area contributed by atoms with Gasteiger partial charge in [-0.15, -0.1) is 0 Å². The van der Waals surface area contributed by atoms with Gasteiger partial charge in [0.2, 0.25) is 0 Å². The third kappa shape index (κ3) is 4.24. The molecule has 0 spiro atoms. The van der Waals surface area contributed by atoms with Gasteiger partial charge in [-0.3, -0.25) is 4.79 Å². The number of carbonyl (C=O) groups excluding carboxylic acids is 2. The number of hydrogen-bond donors (Lipinski definition) is 3. The van der Waals surface area contributed by atoms with Crippen molar-refractivity contribution in [2.75, 3.05) is 7.11 Å². The third-order valence-corrected chi connectivity index (χ3v) is 6.82. The van der Waals surface area contributed by atoms with Crippen LogP contribution >= 0.6 is 0 Å². The van der Waals surface area contributed by atoms with Crippen molar-refractivity contribution in [3.63, 3.8) is 0 Å². The van der Waals surface area contributed by atoms with E-state index in [9.17, 15) is 14.7 Å². The molecule has 36 heavy (non-hydrogen) atoms. The largest absolute Gasteiger partial charge is 0.496 e. The number of carbonyl (C=O) groups is 2. The van der Waals surface area contributed by atoms with E-state index in [1.165, 1.54) is 0 Å². The van der Waals surface area contributed by atoms with Gasteiger partial charge in [0.25, 0.3) is 0 Å². The molecule has 0 bridgehead atoms. The van der Waals surface area contributed by atoms with Crippen LogP contribution in [0.15, 0.2) is 77.3 Å². The Kier molecular flexibility index (Phi) is 6.04. The van der Waals surface area contributed by atoms with Gasteiger partial charge in [-0.2, -0.15) is 0 Å². The zero-order chi connectivity index (χ0) is 25.6. The minimum absolute atomic E-state index is 0.0919. The van der Waals surface area contributed by atoms with Gasteiger partial charge < -0.3 is 24.9 Å². The molecule has 1 aliphatic heterocycles. The van der Waals surface area contributed by atoms with Crippen LogP contribution in [0.5, 0.6) is 5.75 Å². The van der Waals surface area contributed by atoms with Gasteiger partial charge in [0, 0.05) is 52.3 Å². The molecule has 5 rings (SSSR count). The normalized spacial score (nSPS) is 20.2. The minimum Gasteiger partial charge on any atom is -0.496 e. The molecule has 0 saturated carbocycles. The first-order chi connectivity index (χ1) is 17.2. The first-order valence-electron chi connectivity index (χ1n) is 11.6. The highest BCUT2D eigenvalue weighted by atomic mass is 16.6. The SMILES string of the molecule is [B]C([B])(O)OC(=O)C1=C(C)NC2=C(C(=O)CC(c3ccccc3OC)C2)C1c1cccc2[nH]ccc12. The van der Waals surface area contributed by atoms with Crippen LogP contribution in [0.3, 0.4) is 0 Å². The van der Waals surface area contributed by atoms with Crippen LogP contribution in [0.25, 0.3) is 10.9 Å². The van der Waals surface area contributed by atoms with Gasteiger partial charge in [-0.25, -0.2) is 4.79 Å². The Hall–Kier alpha value is -3.71. The van der Waals surface area contributed by atoms with Crippen LogP contribution in [0.1, 0.15) is 42.7 Å². The molecule has 9 heteroatoms. The molecular weight excluding hydrogens is 454 g/mol. The second-order valence-electron chi connectivity index (χ2n) is 9.19. The van der Waals surface area contributed by atoms with Crippen LogP contribution in [0.2, 0.25) is 0 Å². The van der Waals surface area contributed by atoms with Crippen molar-refractivity contribution in [1.82, 2.24) is 10.3 Å². The third-order valence-electron chi connectivity index (χ3n) is 6.82. The number of hydrogen-bond acceptors (Lipinski definition) is 6. The highest BCUT2D eigenvalue weighted by Gasteiger charge is 2.43. The molecule has 0 amide bonds. The quantitative estimate of drug-likeness (QED) is 0.296. The van der Waals surface area contributed by atoms with Gasteiger partial charge in [0.1, 0.15) is 11.3 Å². The number of ketones is 1. The number of ether oxygens (including phenoxy) is 2. The predicted molar refractivity (Wildman–Crippen MR) is 136 cm³/mol. The van der Waals surface area contributed by atoms with E-state index in [0.717, 1.165) is 33.5 Å². The molecule has 4 radical (unpaired) electrons. The number of allylic oxidation sites excluding steroid dienone is 3. The van der Waals surface area contributed by atoms with Crippen molar-refractivity contribution in [1.29, 1.82) is 0 Å². The number of rotatable bonds is 5. The molecule has 2 heterocycles. The van der Waals surface area contributed by atoms with Crippen molar-refractivity contribution in [2.45, 2.75) is 37.2 Å². The van der Waals surface area contributed by atoms with Crippen molar-refractivity contribution in [2.24, 2.45) is 0 Å². The lowest BCUT2D eigenvalue weighted by Crippen LogP contribution is -2.40. The molecule has 178 valence electrons. The molecule has 2 unspecified atom stereocenters. The minimum atomic E-state index is -2.66. The topological polar surface area (TPSA) is 101 Å². The van der Waals surface area contributed by atoms with E-state index in [1.807, 2.05) is 48.5 Å². The van der Waals surface area contributed by atoms with Crippen molar-refractivity contribution < 1.29 is 24.2 Å². The molecule has 0 saturated heterocycles. The molecule has 3 aromatic rings. The Labute approximate surface area is 211 Å². The van der Waals surface area contributed by atoms with E-state index in [1.54, 1.807) is 20.2 Å². The van der Waals surface area contributed by atoms with Crippen LogP contribution in [0, 0.1) is 0 Å². The summed E-state index contributed by atoms with van der Waals surface area (Å²) in [6, 6.07) is 15.2. The van der Waals surface area contributed by atoms with Crippen LogP contribution in [-0.2, 0) is 14.3 Å². The molecule has 2 atom stereocenters. The second-order valence-corrected chi connectivity index (χ2v) is 9.19. The van der Waals surface area contributed by atoms with Crippen molar-refractivity contribution >= 4 is 38.3 Å². The Bertz CT molecular complexity index is 1430. The molecule has 3 N–H and O–H groups in total. The van der Waals surface area contributed by atoms with Gasteiger partial charge in [0.15, 0.2) is 21.5 Å². The average Bonchev–Trinajstić information content (AvgIpc) is 3.31. The summed E-state index contributed by atoms with van der Waals surface area (Å²) in [5.74, 6) is -1.10. The maximum Gasteiger partial charge on any atom is 0.337 e. The fourth-order valence-corrected chi connectivity index (χ4v) is 5.41. The maximum atomic E-state index is 13.8. The summed E-state index contributed by atoms with van der Waals surface area (Å²) in [5, 5.41) is 13.9. The van der Waals surface area contributed by atoms with E-state index in [2.05, 4.69) is 10.3 Å². The number of fused-ring (bicyclic) bond motifs is 1. The number of aliphatic hydroxyl groups is 1. The lowest BCUT2D eigenvalue weighted by atomic mass is 9.71. The number of nitrogens with one attached hydrogen (secondary N) is 2. The molecule has 1 aliphatic carbocycles. The zero-order valence-corrected chi connectivity index (χ0v) is 20.0. The summed E-state index contributed by atoms with van der Waals surface area (Å²) < 4.78 is 10.5. The predicted octanol–water partition coefficient (Wildman–Crippen LogP) is 3.02. The molecule has 1 aromatic heterocycles. The summed E-state index contributed by atoms with van der Waals surface area (Å²) in [5.41, 5.74) is 1.81. The Balaban J connectivity index is 1.65. The highest BCUT2D eigenvalue weighted by molar-refractivity contribution is 6.38. The van der Waals surface area contributed by atoms with Gasteiger partial charge >= 0.3 is 5.97 Å². The molecule has 2 aliphatic rings. The molecule has 2 aromatic carbocycles. The van der Waals surface area contributed by atoms with Crippen LogP contribution in [0.4, 0.5) is 0 Å². The number of H-pyrrole nitrogens is 1. The zero-order valence-electron chi connectivity index (χ0n) is 20.0. The lowest BCUT2D eigenvalue weighted by Gasteiger charge is -2.37. The number of Topliss-reactive ketones (excluding diaryl/α,β-unsaturated/α-hetero) is 1. The number of para-hydroxylation sites is 1. The smallest absolute Gasteiger partial charge is 0.337 e. The van der Waals surface area contributed by atoms with E-state index >= 15 is 0 Å². The standard InChI is InChI=1S/C27H24B2N2O5/c1-14-23(26(33)36-27(28,29)34)24(18-7-5-8-19-17(18)10-11-30-19)25-20(31-14)12-15(13-21(25)32)16-6-3-4-9-22(16)35-2/h3-11,15,24,30-31,34H,12-13H2,1-2H3. The van der Waals surface area contributed by atoms with E-state index < -0.39 is 17.5 Å². The van der Waals surface area contributed by atoms with E-state index in [-0.39, 0.29) is 23.7 Å². The Morgan fingerprint density at radius 1 is 1.08 bits per heavy atom. The summed E-state index contributed by atoms with van der Waals surface area (Å²) in [4.78, 5) is 30.2. The first kappa shape index (κ1) is 24.0. The van der Waals surface area contributed by atoms with E-state index in [0.29, 0.717) is 17.7 Å².